The highest BCUT2D eigenvalue weighted by atomic mass is 79.9. The molecule has 0 spiro atoms. The van der Waals surface area contributed by atoms with Gasteiger partial charge in [-0.05, 0) is 47.5 Å². The number of nitrogens with one attached hydrogen (secondary N) is 1. The lowest BCUT2D eigenvalue weighted by Gasteiger charge is -2.21. The Bertz CT molecular complexity index is 482. The minimum Gasteiger partial charge on any atom is -0.334 e. The Hall–Kier alpha value is -0.860. The first kappa shape index (κ1) is 14.2. The third-order valence-electron chi connectivity index (χ3n) is 2.52. The van der Waals surface area contributed by atoms with Gasteiger partial charge in [0.1, 0.15) is 5.54 Å². The summed E-state index contributed by atoms with van der Waals surface area (Å²) in [6.07, 6.45) is 0.556. The molecule has 0 radical (unpaired) electrons. The molecule has 1 rings (SSSR count). The smallest absolute Gasteiger partial charge is 0.253 e. The number of amides is 1. The number of halogens is 2. The van der Waals surface area contributed by atoms with Gasteiger partial charge in [0.05, 0.1) is 11.6 Å². The third kappa shape index (κ3) is 3.55. The van der Waals surface area contributed by atoms with E-state index in [1.807, 2.05) is 13.0 Å². The van der Waals surface area contributed by atoms with Crippen molar-refractivity contribution in [1.82, 2.24) is 5.32 Å². The van der Waals surface area contributed by atoms with E-state index in [4.69, 9.17) is 5.26 Å². The average Bonchev–Trinajstić information content (AvgIpc) is 2.32. The lowest BCUT2D eigenvalue weighted by atomic mass is 10.0. The van der Waals surface area contributed by atoms with Gasteiger partial charge in [0, 0.05) is 8.95 Å². The zero-order valence-electron chi connectivity index (χ0n) is 9.55. The van der Waals surface area contributed by atoms with E-state index in [0.29, 0.717) is 16.5 Å². The van der Waals surface area contributed by atoms with Gasteiger partial charge in [0.15, 0.2) is 0 Å². The Morgan fingerprint density at radius 3 is 2.71 bits per heavy atom. The van der Waals surface area contributed by atoms with E-state index in [1.165, 1.54) is 0 Å². The molecule has 0 saturated carbocycles. The van der Waals surface area contributed by atoms with Crippen molar-refractivity contribution in [2.45, 2.75) is 25.8 Å². The maximum atomic E-state index is 12.0. The van der Waals surface area contributed by atoms with Gasteiger partial charge in [-0.15, -0.1) is 0 Å². The van der Waals surface area contributed by atoms with Crippen LogP contribution in [0.15, 0.2) is 27.1 Å². The number of nitriles is 1. The van der Waals surface area contributed by atoms with Gasteiger partial charge in [-0.3, -0.25) is 4.79 Å². The Morgan fingerprint density at radius 2 is 2.18 bits per heavy atom. The zero-order valence-corrected chi connectivity index (χ0v) is 12.7. The molecule has 5 heteroatoms. The standard InChI is InChI=1S/C12H12Br2N2O/c1-3-12(2,7-15)16-11(17)9-6-8(13)4-5-10(9)14/h4-6H,3H2,1-2H3,(H,16,17). The number of nitrogens with zero attached hydrogens (tertiary/aromatic N) is 1. The van der Waals surface area contributed by atoms with Crippen LogP contribution in [0.2, 0.25) is 0 Å². The van der Waals surface area contributed by atoms with Crippen molar-refractivity contribution >= 4 is 37.8 Å². The molecule has 0 aliphatic heterocycles. The van der Waals surface area contributed by atoms with Crippen LogP contribution in [0.1, 0.15) is 30.6 Å². The highest BCUT2D eigenvalue weighted by molar-refractivity contribution is 9.11. The minimum atomic E-state index is -0.834. The highest BCUT2D eigenvalue weighted by Crippen LogP contribution is 2.22. The second-order valence-corrected chi connectivity index (χ2v) is 5.65. The summed E-state index contributed by atoms with van der Waals surface area (Å²) in [5, 5.41) is 11.7. The normalized spacial score (nSPS) is 13.6. The summed E-state index contributed by atoms with van der Waals surface area (Å²) < 4.78 is 1.52. The van der Waals surface area contributed by atoms with Crippen molar-refractivity contribution in [3.63, 3.8) is 0 Å². The van der Waals surface area contributed by atoms with Gasteiger partial charge in [-0.2, -0.15) is 5.26 Å². The van der Waals surface area contributed by atoms with Gasteiger partial charge < -0.3 is 5.32 Å². The minimum absolute atomic E-state index is 0.260. The molecule has 0 saturated heterocycles. The molecule has 1 amide bonds. The van der Waals surface area contributed by atoms with Gasteiger partial charge >= 0.3 is 0 Å². The van der Waals surface area contributed by atoms with Crippen molar-refractivity contribution in [2.24, 2.45) is 0 Å². The summed E-state index contributed by atoms with van der Waals surface area (Å²) in [5.41, 5.74) is -0.326. The maximum Gasteiger partial charge on any atom is 0.253 e. The van der Waals surface area contributed by atoms with E-state index in [9.17, 15) is 4.79 Å². The van der Waals surface area contributed by atoms with Gasteiger partial charge in [0.2, 0.25) is 0 Å². The first-order valence-corrected chi connectivity index (χ1v) is 6.69. The van der Waals surface area contributed by atoms with Crippen molar-refractivity contribution in [1.29, 1.82) is 5.26 Å². The number of benzene rings is 1. The average molecular weight is 360 g/mol. The molecule has 3 nitrogen and oxygen atoms in total. The van der Waals surface area contributed by atoms with E-state index < -0.39 is 5.54 Å². The fourth-order valence-corrected chi connectivity index (χ4v) is 1.97. The molecular weight excluding hydrogens is 348 g/mol. The Labute approximate surface area is 117 Å². The number of carbonyl (C=O) groups excluding carboxylic acids is 1. The molecule has 90 valence electrons. The first-order chi connectivity index (χ1) is 7.91. The molecular formula is C12H12Br2N2O. The summed E-state index contributed by atoms with van der Waals surface area (Å²) in [6.45, 7) is 3.57. The molecule has 1 N–H and O–H groups in total. The summed E-state index contributed by atoms with van der Waals surface area (Å²) in [4.78, 5) is 12.0. The van der Waals surface area contributed by atoms with Crippen molar-refractivity contribution in [3.8, 4) is 6.07 Å². The van der Waals surface area contributed by atoms with Crippen LogP contribution in [-0.4, -0.2) is 11.4 Å². The van der Waals surface area contributed by atoms with E-state index in [0.717, 1.165) is 4.47 Å². The third-order valence-corrected chi connectivity index (χ3v) is 3.70. The van der Waals surface area contributed by atoms with E-state index in [1.54, 1.807) is 19.1 Å². The molecule has 0 aliphatic rings. The van der Waals surface area contributed by atoms with Crippen molar-refractivity contribution in [3.05, 3.63) is 32.7 Å². The molecule has 0 fully saturated rings. The first-order valence-electron chi connectivity index (χ1n) is 5.10. The van der Waals surface area contributed by atoms with Gasteiger partial charge in [0.25, 0.3) is 5.91 Å². The Balaban J connectivity index is 2.99. The number of hydrogen-bond acceptors (Lipinski definition) is 2. The number of carbonyl (C=O) groups is 1. The lowest BCUT2D eigenvalue weighted by molar-refractivity contribution is 0.0922. The molecule has 0 bridgehead atoms. The summed E-state index contributed by atoms with van der Waals surface area (Å²) >= 11 is 6.63. The van der Waals surface area contributed by atoms with Crippen LogP contribution in [-0.2, 0) is 0 Å². The predicted molar refractivity (Wildman–Crippen MR) is 73.6 cm³/mol. The molecule has 17 heavy (non-hydrogen) atoms. The van der Waals surface area contributed by atoms with Crippen LogP contribution < -0.4 is 5.32 Å². The SMILES string of the molecule is CCC(C)(C#N)NC(=O)c1cc(Br)ccc1Br. The topological polar surface area (TPSA) is 52.9 Å². The fourth-order valence-electron chi connectivity index (χ4n) is 1.18. The molecule has 1 atom stereocenters. The molecule has 1 unspecified atom stereocenters. The van der Waals surface area contributed by atoms with Crippen LogP contribution in [0.3, 0.4) is 0 Å². The fraction of sp³-hybridized carbons (Fsp3) is 0.333. The summed E-state index contributed by atoms with van der Waals surface area (Å²) in [5.74, 6) is -0.260. The monoisotopic (exact) mass is 358 g/mol. The molecule has 1 aromatic rings. The van der Waals surface area contributed by atoms with Gasteiger partial charge in [-0.1, -0.05) is 22.9 Å². The van der Waals surface area contributed by atoms with E-state index >= 15 is 0 Å². The molecule has 1 aromatic carbocycles. The van der Waals surface area contributed by atoms with Crippen molar-refractivity contribution in [2.75, 3.05) is 0 Å². The van der Waals surface area contributed by atoms with E-state index in [-0.39, 0.29) is 5.91 Å². The second-order valence-electron chi connectivity index (χ2n) is 3.88. The lowest BCUT2D eigenvalue weighted by Crippen LogP contribution is -2.44. The number of hydrogen-bond donors (Lipinski definition) is 1. The quantitative estimate of drug-likeness (QED) is 0.895. The predicted octanol–water partition coefficient (Wildman–Crippen LogP) is 3.63. The summed E-state index contributed by atoms with van der Waals surface area (Å²) in [6, 6.07) is 7.44. The van der Waals surface area contributed by atoms with Gasteiger partial charge in [-0.25, -0.2) is 0 Å². The maximum absolute atomic E-state index is 12.0. The highest BCUT2D eigenvalue weighted by Gasteiger charge is 2.25. The van der Waals surface area contributed by atoms with E-state index in [2.05, 4.69) is 43.2 Å². The zero-order chi connectivity index (χ0) is 13.1. The van der Waals surface area contributed by atoms with Crippen molar-refractivity contribution < 1.29 is 4.79 Å². The van der Waals surface area contributed by atoms with Crippen LogP contribution in [0.4, 0.5) is 0 Å². The Kier molecular flexibility index (Phi) is 4.72. The largest absolute Gasteiger partial charge is 0.334 e. The number of rotatable bonds is 3. The molecule has 0 aliphatic carbocycles. The van der Waals surface area contributed by atoms with Crippen LogP contribution in [0.5, 0.6) is 0 Å². The van der Waals surface area contributed by atoms with Crippen LogP contribution in [0.25, 0.3) is 0 Å². The summed E-state index contributed by atoms with van der Waals surface area (Å²) in [7, 11) is 0. The second kappa shape index (κ2) is 5.65. The Morgan fingerprint density at radius 1 is 1.53 bits per heavy atom. The molecule has 0 aromatic heterocycles. The molecule has 0 heterocycles. The van der Waals surface area contributed by atoms with Crippen LogP contribution in [0, 0.1) is 11.3 Å². The van der Waals surface area contributed by atoms with Crippen LogP contribution >= 0.6 is 31.9 Å².